The summed E-state index contributed by atoms with van der Waals surface area (Å²) in [5, 5.41) is 2.53. The molecule has 2 rings (SSSR count). The van der Waals surface area contributed by atoms with Crippen molar-refractivity contribution >= 4 is 23.6 Å². The number of nitrogens with zero attached hydrogens (tertiary/aromatic N) is 2. The maximum atomic E-state index is 13.1. The second kappa shape index (κ2) is 13.0. The van der Waals surface area contributed by atoms with Gasteiger partial charge in [-0.15, -0.1) is 0 Å². The second-order valence-corrected chi connectivity index (χ2v) is 8.59. The number of methoxy groups -OCH3 is 1. The van der Waals surface area contributed by atoms with Crippen molar-refractivity contribution in [2.45, 2.75) is 57.8 Å². The van der Waals surface area contributed by atoms with Crippen LogP contribution in [0.4, 0.5) is 13.2 Å². The van der Waals surface area contributed by atoms with Crippen LogP contribution in [0.2, 0.25) is 0 Å². The first-order valence-corrected chi connectivity index (χ1v) is 11.5. The monoisotopic (exact) mass is 513 g/mol. The largest absolute Gasteiger partial charge is 0.466 e. The highest BCUT2D eigenvalue weighted by atomic mass is 19.4. The van der Waals surface area contributed by atoms with E-state index in [0.29, 0.717) is 0 Å². The van der Waals surface area contributed by atoms with Crippen molar-refractivity contribution in [2.24, 2.45) is 5.92 Å². The first kappa shape index (κ1) is 28.8. The molecule has 0 saturated carbocycles. The number of amides is 2. The number of likely N-dealkylation sites (tertiary alicyclic amines) is 1. The molecular formula is C24H30F3N3O6. The maximum Gasteiger partial charge on any atom is 0.393 e. The van der Waals surface area contributed by atoms with Gasteiger partial charge in [0.15, 0.2) is 5.78 Å². The highest BCUT2D eigenvalue weighted by Gasteiger charge is 2.42. The Kier molecular flexibility index (Phi) is 10.4. The molecule has 198 valence electrons. The van der Waals surface area contributed by atoms with E-state index in [0.717, 1.165) is 9.47 Å². The molecule has 2 heterocycles. The molecule has 1 unspecified atom stereocenters. The summed E-state index contributed by atoms with van der Waals surface area (Å²) in [4.78, 5) is 62.1. The van der Waals surface area contributed by atoms with Gasteiger partial charge in [0.2, 0.25) is 11.8 Å². The molecule has 1 aliphatic heterocycles. The van der Waals surface area contributed by atoms with Gasteiger partial charge >= 0.3 is 12.1 Å². The van der Waals surface area contributed by atoms with Gasteiger partial charge in [-0.05, 0) is 31.7 Å². The number of alkyl halides is 3. The fourth-order valence-electron chi connectivity index (χ4n) is 3.94. The van der Waals surface area contributed by atoms with Crippen LogP contribution in [0, 0.1) is 5.92 Å². The van der Waals surface area contributed by atoms with Crippen molar-refractivity contribution in [3.63, 3.8) is 0 Å². The second-order valence-electron chi connectivity index (χ2n) is 8.59. The smallest absolute Gasteiger partial charge is 0.393 e. The predicted octanol–water partition coefficient (Wildman–Crippen LogP) is 1.77. The number of ether oxygens (including phenoxy) is 1. The van der Waals surface area contributed by atoms with Gasteiger partial charge in [-0.1, -0.05) is 12.1 Å². The molecule has 0 bridgehead atoms. The van der Waals surface area contributed by atoms with Gasteiger partial charge in [0.1, 0.15) is 6.54 Å². The summed E-state index contributed by atoms with van der Waals surface area (Å²) < 4.78 is 44.7. The standard InChI is InChI=1S/C24H30F3N3O6/c1-16(31)28-19(9-3-4-10-22(34)36-2)20(32)13-17-7-5-12-30(23(17)35)15-21(33)29-11-6-8-18(14-29)24(25,26)27/h4-5,7,10,12,18-19H,3,6,8-9,11,13-15H2,1-2H3,(H,28,31)/b10-4+/t18?,19-/m0/s1. The Morgan fingerprint density at radius 2 is 2.00 bits per heavy atom. The number of halogens is 3. The van der Waals surface area contributed by atoms with Crippen molar-refractivity contribution in [1.29, 1.82) is 0 Å². The Bertz CT molecular complexity index is 1050. The zero-order valence-electron chi connectivity index (χ0n) is 20.2. The van der Waals surface area contributed by atoms with Crippen LogP contribution in [0.15, 0.2) is 35.3 Å². The maximum absolute atomic E-state index is 13.1. The van der Waals surface area contributed by atoms with Gasteiger partial charge in [-0.25, -0.2) is 4.79 Å². The van der Waals surface area contributed by atoms with E-state index in [1.54, 1.807) is 0 Å². The summed E-state index contributed by atoms with van der Waals surface area (Å²) >= 11 is 0. The molecule has 1 aromatic heterocycles. The average molecular weight is 514 g/mol. The summed E-state index contributed by atoms with van der Waals surface area (Å²) in [5.74, 6) is -3.65. The van der Waals surface area contributed by atoms with Crippen molar-refractivity contribution < 1.29 is 37.1 Å². The normalized spacial score (nSPS) is 17.0. The Morgan fingerprint density at radius 3 is 2.64 bits per heavy atom. The molecule has 12 heteroatoms. The molecule has 1 N–H and O–H groups in total. The Morgan fingerprint density at radius 1 is 1.28 bits per heavy atom. The lowest BCUT2D eigenvalue weighted by Gasteiger charge is -2.33. The zero-order valence-corrected chi connectivity index (χ0v) is 20.2. The van der Waals surface area contributed by atoms with Crippen LogP contribution < -0.4 is 10.9 Å². The number of nitrogens with one attached hydrogen (secondary N) is 1. The molecule has 1 fully saturated rings. The highest BCUT2D eigenvalue weighted by molar-refractivity contribution is 5.89. The van der Waals surface area contributed by atoms with E-state index >= 15 is 0 Å². The van der Waals surface area contributed by atoms with E-state index in [-0.39, 0.29) is 44.2 Å². The topological polar surface area (TPSA) is 115 Å². The molecule has 2 atom stereocenters. The fourth-order valence-corrected chi connectivity index (χ4v) is 3.94. The molecule has 2 amide bonds. The van der Waals surface area contributed by atoms with Gasteiger partial charge in [0, 0.05) is 44.3 Å². The Hall–Kier alpha value is -3.44. The van der Waals surface area contributed by atoms with Crippen LogP contribution >= 0.6 is 0 Å². The fraction of sp³-hybridized carbons (Fsp3) is 0.542. The van der Waals surface area contributed by atoms with E-state index in [4.69, 9.17) is 0 Å². The van der Waals surface area contributed by atoms with Gasteiger partial charge in [-0.2, -0.15) is 13.2 Å². The van der Waals surface area contributed by atoms with Gasteiger partial charge < -0.3 is 19.5 Å². The number of hydrogen-bond acceptors (Lipinski definition) is 6. The number of hydrogen-bond donors (Lipinski definition) is 1. The minimum Gasteiger partial charge on any atom is -0.466 e. The Labute approximate surface area is 206 Å². The van der Waals surface area contributed by atoms with E-state index in [9.17, 15) is 37.1 Å². The summed E-state index contributed by atoms with van der Waals surface area (Å²) in [5.41, 5.74) is -0.529. The number of carbonyl (C=O) groups is 4. The number of pyridine rings is 1. The molecule has 1 saturated heterocycles. The van der Waals surface area contributed by atoms with Crippen molar-refractivity contribution in [3.05, 3.63) is 46.4 Å². The van der Waals surface area contributed by atoms with Crippen molar-refractivity contribution in [3.8, 4) is 0 Å². The molecule has 0 aliphatic carbocycles. The highest BCUT2D eigenvalue weighted by Crippen LogP contribution is 2.33. The molecule has 1 aliphatic rings. The third kappa shape index (κ3) is 8.65. The van der Waals surface area contributed by atoms with Crippen LogP contribution in [-0.2, 0) is 36.9 Å². The van der Waals surface area contributed by atoms with E-state index in [2.05, 4.69) is 10.1 Å². The van der Waals surface area contributed by atoms with Crippen LogP contribution in [0.3, 0.4) is 0 Å². The number of rotatable bonds is 10. The van der Waals surface area contributed by atoms with Crippen LogP contribution in [0.25, 0.3) is 0 Å². The predicted molar refractivity (Wildman–Crippen MR) is 123 cm³/mol. The quantitative estimate of drug-likeness (QED) is 0.377. The minimum atomic E-state index is -4.39. The van der Waals surface area contributed by atoms with Crippen LogP contribution in [0.5, 0.6) is 0 Å². The van der Waals surface area contributed by atoms with Gasteiger partial charge in [0.05, 0.1) is 19.1 Å². The molecule has 0 spiro atoms. The summed E-state index contributed by atoms with van der Waals surface area (Å²) in [6, 6.07) is 1.98. The lowest BCUT2D eigenvalue weighted by Crippen LogP contribution is -2.46. The third-order valence-electron chi connectivity index (χ3n) is 5.85. The minimum absolute atomic E-state index is 0.0429. The number of piperidine rings is 1. The molecule has 0 radical (unpaired) electrons. The van der Waals surface area contributed by atoms with Gasteiger partial charge in [0.25, 0.3) is 5.56 Å². The summed E-state index contributed by atoms with van der Waals surface area (Å²) in [6.45, 7) is 0.535. The lowest BCUT2D eigenvalue weighted by atomic mass is 9.97. The van der Waals surface area contributed by atoms with Crippen LogP contribution in [-0.4, -0.2) is 65.5 Å². The number of esters is 1. The summed E-state index contributed by atoms with van der Waals surface area (Å²) in [7, 11) is 1.22. The third-order valence-corrected chi connectivity index (χ3v) is 5.85. The van der Waals surface area contributed by atoms with Crippen molar-refractivity contribution in [2.75, 3.05) is 20.2 Å². The van der Waals surface area contributed by atoms with E-state index < -0.39 is 60.4 Å². The number of allylic oxidation sites excluding steroid dienone is 1. The lowest BCUT2D eigenvalue weighted by molar-refractivity contribution is -0.188. The van der Waals surface area contributed by atoms with Crippen molar-refractivity contribution in [1.82, 2.24) is 14.8 Å². The van der Waals surface area contributed by atoms with Gasteiger partial charge in [-0.3, -0.25) is 19.2 Å². The van der Waals surface area contributed by atoms with Crippen LogP contribution in [0.1, 0.15) is 38.2 Å². The zero-order chi connectivity index (χ0) is 26.9. The van der Waals surface area contributed by atoms with E-state index in [1.807, 2.05) is 0 Å². The average Bonchev–Trinajstić information content (AvgIpc) is 2.82. The molecule has 1 aromatic rings. The Balaban J connectivity index is 2.08. The number of aromatic nitrogens is 1. The van der Waals surface area contributed by atoms with E-state index in [1.165, 1.54) is 44.5 Å². The number of ketones is 1. The molecule has 9 nitrogen and oxygen atoms in total. The number of carbonyl (C=O) groups excluding carboxylic acids is 4. The first-order valence-electron chi connectivity index (χ1n) is 11.5. The SMILES string of the molecule is COC(=O)/C=C/CC[C@H](NC(C)=O)C(=O)Cc1cccn(CC(=O)N2CCCC(C(F)(F)F)C2)c1=O. The molecule has 0 aromatic carbocycles. The molecular weight excluding hydrogens is 483 g/mol. The number of Topliss-reactive ketones (excluding diaryl/α,β-unsaturated/α-hetero) is 1. The summed E-state index contributed by atoms with van der Waals surface area (Å²) in [6.07, 6.45) is -0.0377. The first-order chi connectivity index (χ1) is 16.9. The molecule has 36 heavy (non-hydrogen) atoms.